The summed E-state index contributed by atoms with van der Waals surface area (Å²) in [6, 6.07) is 9.57. The highest BCUT2D eigenvalue weighted by Crippen LogP contribution is 2.37. The average molecular weight is 247 g/mol. The molecular weight excluding hydrogens is 222 g/mol. The maximum atomic E-state index is 8.86. The minimum absolute atomic E-state index is 0.305. The summed E-state index contributed by atoms with van der Waals surface area (Å²) in [6.07, 6.45) is 3.42. The molecule has 1 fully saturated rings. The van der Waals surface area contributed by atoms with Crippen molar-refractivity contribution in [1.29, 1.82) is 0 Å². The van der Waals surface area contributed by atoms with Gasteiger partial charge in [-0.05, 0) is 50.1 Å². The Labute approximate surface area is 110 Å². The first kappa shape index (κ1) is 13.6. The lowest BCUT2D eigenvalue weighted by atomic mass is 9.75. The maximum absolute atomic E-state index is 8.86. The second-order valence-corrected chi connectivity index (χ2v) is 5.81. The van der Waals surface area contributed by atoms with Crippen molar-refractivity contribution < 1.29 is 5.11 Å². The molecule has 1 unspecified atom stereocenters. The lowest BCUT2D eigenvalue weighted by Gasteiger charge is -2.37. The Morgan fingerprint density at radius 2 is 2.17 bits per heavy atom. The van der Waals surface area contributed by atoms with E-state index in [9.17, 15) is 0 Å². The summed E-state index contributed by atoms with van der Waals surface area (Å²) < 4.78 is 0. The molecule has 1 aliphatic rings. The van der Waals surface area contributed by atoms with Crippen molar-refractivity contribution in [2.24, 2.45) is 5.92 Å². The molecule has 100 valence electrons. The highest BCUT2D eigenvalue weighted by molar-refractivity contribution is 5.27. The van der Waals surface area contributed by atoms with Gasteiger partial charge in [0.25, 0.3) is 0 Å². The van der Waals surface area contributed by atoms with Gasteiger partial charge in [-0.1, -0.05) is 36.8 Å². The molecule has 0 amide bonds. The summed E-state index contributed by atoms with van der Waals surface area (Å²) in [5.74, 6) is 1.32. The zero-order valence-corrected chi connectivity index (χ0v) is 11.5. The molecule has 0 aromatic heterocycles. The molecule has 0 bridgehead atoms. The standard InChI is InChI=1S/C16H25NO/c1-12-4-3-5-14(8-12)15-9-16(10-15)17-11-13(2)6-7-18/h3-5,8,13,15-18H,6-7,9-11H2,1-2H3. The molecule has 0 spiro atoms. The van der Waals surface area contributed by atoms with Gasteiger partial charge in [0.05, 0.1) is 0 Å². The summed E-state index contributed by atoms with van der Waals surface area (Å²) in [5.41, 5.74) is 2.86. The van der Waals surface area contributed by atoms with E-state index in [2.05, 4.69) is 43.4 Å². The molecular formula is C16H25NO. The molecule has 2 N–H and O–H groups in total. The summed E-state index contributed by atoms with van der Waals surface area (Å²) in [6.45, 7) is 5.69. The summed E-state index contributed by atoms with van der Waals surface area (Å²) in [5, 5.41) is 12.5. The van der Waals surface area contributed by atoms with Gasteiger partial charge < -0.3 is 10.4 Å². The largest absolute Gasteiger partial charge is 0.396 e. The molecule has 0 saturated heterocycles. The summed E-state index contributed by atoms with van der Waals surface area (Å²) in [7, 11) is 0. The van der Waals surface area contributed by atoms with Crippen LogP contribution in [-0.4, -0.2) is 24.3 Å². The van der Waals surface area contributed by atoms with Crippen LogP contribution in [0.1, 0.15) is 43.2 Å². The first-order valence-electron chi connectivity index (χ1n) is 7.10. The van der Waals surface area contributed by atoms with Crippen LogP contribution in [0.5, 0.6) is 0 Å². The SMILES string of the molecule is Cc1cccc(C2CC(NCC(C)CCO)C2)c1. The van der Waals surface area contributed by atoms with Crippen molar-refractivity contribution in [3.05, 3.63) is 35.4 Å². The molecule has 1 saturated carbocycles. The Balaban J connectivity index is 1.71. The van der Waals surface area contributed by atoms with Crippen LogP contribution in [0.2, 0.25) is 0 Å². The normalized spacial score (nSPS) is 24.6. The fraction of sp³-hybridized carbons (Fsp3) is 0.625. The number of nitrogens with one attached hydrogen (secondary N) is 1. The zero-order valence-electron chi connectivity index (χ0n) is 11.5. The van der Waals surface area contributed by atoms with Crippen molar-refractivity contribution in [1.82, 2.24) is 5.32 Å². The first-order valence-corrected chi connectivity index (χ1v) is 7.10. The van der Waals surface area contributed by atoms with Gasteiger partial charge in [0.1, 0.15) is 0 Å². The van der Waals surface area contributed by atoms with E-state index in [-0.39, 0.29) is 0 Å². The Kier molecular flexibility index (Phi) is 4.79. The van der Waals surface area contributed by atoms with Gasteiger partial charge in [-0.2, -0.15) is 0 Å². The van der Waals surface area contributed by atoms with E-state index in [0.717, 1.165) is 18.9 Å². The van der Waals surface area contributed by atoms with Crippen molar-refractivity contribution in [2.45, 2.75) is 45.1 Å². The third kappa shape index (κ3) is 3.56. The number of aliphatic hydroxyl groups excluding tert-OH is 1. The van der Waals surface area contributed by atoms with Crippen LogP contribution < -0.4 is 5.32 Å². The van der Waals surface area contributed by atoms with Gasteiger partial charge in [-0.3, -0.25) is 0 Å². The number of aryl methyl sites for hydroxylation is 1. The van der Waals surface area contributed by atoms with E-state index in [4.69, 9.17) is 5.11 Å². The molecule has 1 aliphatic carbocycles. The van der Waals surface area contributed by atoms with Crippen LogP contribution in [0.3, 0.4) is 0 Å². The fourth-order valence-electron chi connectivity index (χ4n) is 2.67. The predicted octanol–water partition coefficient (Wildman–Crippen LogP) is 2.85. The predicted molar refractivity (Wildman–Crippen MR) is 75.8 cm³/mol. The second kappa shape index (κ2) is 6.35. The van der Waals surface area contributed by atoms with E-state index < -0.39 is 0 Å². The maximum Gasteiger partial charge on any atom is 0.0434 e. The number of aliphatic hydroxyl groups is 1. The minimum Gasteiger partial charge on any atom is -0.396 e. The van der Waals surface area contributed by atoms with Gasteiger partial charge in [-0.15, -0.1) is 0 Å². The number of hydrogen-bond acceptors (Lipinski definition) is 2. The van der Waals surface area contributed by atoms with Crippen molar-refractivity contribution in [2.75, 3.05) is 13.2 Å². The molecule has 2 nitrogen and oxygen atoms in total. The lowest BCUT2D eigenvalue weighted by molar-refractivity contribution is 0.240. The highest BCUT2D eigenvalue weighted by Gasteiger charge is 2.29. The molecule has 1 atom stereocenters. The summed E-state index contributed by atoms with van der Waals surface area (Å²) in [4.78, 5) is 0. The smallest absolute Gasteiger partial charge is 0.0434 e. The Morgan fingerprint density at radius 1 is 1.39 bits per heavy atom. The lowest BCUT2D eigenvalue weighted by Crippen LogP contribution is -2.42. The van der Waals surface area contributed by atoms with Crippen molar-refractivity contribution in [3.63, 3.8) is 0 Å². The third-order valence-corrected chi connectivity index (χ3v) is 4.03. The van der Waals surface area contributed by atoms with E-state index >= 15 is 0 Å². The van der Waals surface area contributed by atoms with Gasteiger partial charge >= 0.3 is 0 Å². The molecule has 1 aromatic rings. The monoisotopic (exact) mass is 247 g/mol. The summed E-state index contributed by atoms with van der Waals surface area (Å²) >= 11 is 0. The van der Waals surface area contributed by atoms with Crippen LogP contribution in [0, 0.1) is 12.8 Å². The molecule has 0 radical (unpaired) electrons. The zero-order chi connectivity index (χ0) is 13.0. The highest BCUT2D eigenvalue weighted by atomic mass is 16.3. The Hall–Kier alpha value is -0.860. The van der Waals surface area contributed by atoms with Crippen molar-refractivity contribution in [3.8, 4) is 0 Å². The Bertz CT molecular complexity index is 371. The Morgan fingerprint density at radius 3 is 2.83 bits per heavy atom. The van der Waals surface area contributed by atoms with Gasteiger partial charge in [0.15, 0.2) is 0 Å². The molecule has 2 rings (SSSR count). The molecule has 18 heavy (non-hydrogen) atoms. The second-order valence-electron chi connectivity index (χ2n) is 5.81. The average Bonchev–Trinajstić information content (AvgIpc) is 2.27. The van der Waals surface area contributed by atoms with Crippen LogP contribution in [0.4, 0.5) is 0 Å². The number of benzene rings is 1. The minimum atomic E-state index is 0.305. The third-order valence-electron chi connectivity index (χ3n) is 4.03. The number of hydrogen-bond donors (Lipinski definition) is 2. The van der Waals surface area contributed by atoms with Crippen LogP contribution in [0.25, 0.3) is 0 Å². The van der Waals surface area contributed by atoms with Gasteiger partial charge in [0.2, 0.25) is 0 Å². The van der Waals surface area contributed by atoms with E-state index in [0.29, 0.717) is 18.6 Å². The van der Waals surface area contributed by atoms with E-state index in [1.165, 1.54) is 24.0 Å². The van der Waals surface area contributed by atoms with Gasteiger partial charge in [0, 0.05) is 12.6 Å². The topological polar surface area (TPSA) is 32.3 Å². The van der Waals surface area contributed by atoms with Crippen LogP contribution >= 0.6 is 0 Å². The number of rotatable bonds is 6. The molecule has 1 aromatic carbocycles. The van der Waals surface area contributed by atoms with E-state index in [1.54, 1.807) is 0 Å². The van der Waals surface area contributed by atoms with Crippen LogP contribution in [-0.2, 0) is 0 Å². The molecule has 0 aliphatic heterocycles. The van der Waals surface area contributed by atoms with E-state index in [1.807, 2.05) is 0 Å². The molecule has 0 heterocycles. The van der Waals surface area contributed by atoms with Crippen molar-refractivity contribution >= 4 is 0 Å². The van der Waals surface area contributed by atoms with Crippen LogP contribution in [0.15, 0.2) is 24.3 Å². The first-order chi connectivity index (χ1) is 8.69. The van der Waals surface area contributed by atoms with Gasteiger partial charge in [-0.25, -0.2) is 0 Å². The quantitative estimate of drug-likeness (QED) is 0.810. The molecule has 2 heteroatoms. The fourth-order valence-corrected chi connectivity index (χ4v) is 2.67.